The Labute approximate surface area is 137 Å². The predicted molar refractivity (Wildman–Crippen MR) is 85.9 cm³/mol. The Bertz CT molecular complexity index is 922. The van der Waals surface area contributed by atoms with Crippen LogP contribution in [0.3, 0.4) is 0 Å². The molecule has 0 amide bonds. The quantitative estimate of drug-likeness (QED) is 0.582. The molecule has 3 rings (SSSR count). The number of fused-ring (bicyclic) bond motifs is 1. The monoisotopic (exact) mass is 329 g/mol. The third kappa shape index (κ3) is 2.78. The van der Waals surface area contributed by atoms with Crippen LogP contribution >= 0.6 is 0 Å². The molecule has 2 aromatic heterocycles. The van der Waals surface area contributed by atoms with Crippen molar-refractivity contribution in [3.05, 3.63) is 41.5 Å². The molecule has 0 fully saturated rings. The summed E-state index contributed by atoms with van der Waals surface area (Å²) in [5.74, 6) is -0.660. The lowest BCUT2D eigenvalue weighted by atomic mass is 10.2. The smallest absolute Gasteiger partial charge is 0.357 e. The number of ether oxygens (including phenoxy) is 1. The molecule has 8 heteroatoms. The van der Waals surface area contributed by atoms with E-state index in [1.54, 1.807) is 19.1 Å². The molecular formula is C16H16FN5O2. The van der Waals surface area contributed by atoms with Gasteiger partial charge in [-0.3, -0.25) is 0 Å². The molecule has 2 N–H and O–H groups in total. The summed E-state index contributed by atoms with van der Waals surface area (Å²) in [5, 5.41) is 4.30. The van der Waals surface area contributed by atoms with E-state index in [-0.39, 0.29) is 29.5 Å². The van der Waals surface area contributed by atoms with Gasteiger partial charge in [-0.25, -0.2) is 18.7 Å². The summed E-state index contributed by atoms with van der Waals surface area (Å²) in [6.07, 6.45) is 0.596. The van der Waals surface area contributed by atoms with Crippen molar-refractivity contribution in [2.24, 2.45) is 0 Å². The number of esters is 1. The number of hydrogen-bond donors (Lipinski definition) is 1. The average Bonchev–Trinajstić information content (AvgIpc) is 2.97. The van der Waals surface area contributed by atoms with Crippen molar-refractivity contribution in [1.29, 1.82) is 0 Å². The van der Waals surface area contributed by atoms with Crippen LogP contribution in [0.5, 0.6) is 0 Å². The summed E-state index contributed by atoms with van der Waals surface area (Å²) in [6, 6.07) is 5.89. The predicted octanol–water partition coefficient (Wildman–Crippen LogP) is 2.25. The first-order chi connectivity index (χ1) is 11.5. The maximum absolute atomic E-state index is 14.1. The van der Waals surface area contributed by atoms with Gasteiger partial charge in [0.05, 0.1) is 12.2 Å². The zero-order chi connectivity index (χ0) is 17.3. The summed E-state index contributed by atoms with van der Waals surface area (Å²) in [4.78, 5) is 20.3. The van der Waals surface area contributed by atoms with Crippen LogP contribution in [-0.4, -0.2) is 32.2 Å². The van der Waals surface area contributed by atoms with E-state index in [1.807, 2.05) is 6.92 Å². The number of rotatable bonds is 4. The van der Waals surface area contributed by atoms with Gasteiger partial charge in [-0.2, -0.15) is 4.98 Å². The van der Waals surface area contributed by atoms with Gasteiger partial charge < -0.3 is 10.5 Å². The summed E-state index contributed by atoms with van der Waals surface area (Å²) in [7, 11) is 0. The highest BCUT2D eigenvalue weighted by Gasteiger charge is 2.17. The van der Waals surface area contributed by atoms with E-state index in [9.17, 15) is 9.18 Å². The SMILES string of the molecule is CCOC(=O)c1cc(CC)n2nc(-c3ccc(N)cc3F)nc2n1. The fourth-order valence-electron chi connectivity index (χ4n) is 2.32. The van der Waals surface area contributed by atoms with Gasteiger partial charge in [0, 0.05) is 11.4 Å². The third-order valence-electron chi connectivity index (χ3n) is 3.47. The maximum Gasteiger partial charge on any atom is 0.357 e. The molecule has 0 bridgehead atoms. The Hall–Kier alpha value is -3.03. The Kier molecular flexibility index (Phi) is 4.11. The lowest BCUT2D eigenvalue weighted by Crippen LogP contribution is -2.11. The number of halogens is 1. The van der Waals surface area contributed by atoms with Crippen LogP contribution in [0.4, 0.5) is 10.1 Å². The second-order valence-corrected chi connectivity index (χ2v) is 5.09. The van der Waals surface area contributed by atoms with Gasteiger partial charge in [-0.1, -0.05) is 6.92 Å². The fourth-order valence-corrected chi connectivity index (χ4v) is 2.32. The largest absolute Gasteiger partial charge is 0.461 e. The van der Waals surface area contributed by atoms with E-state index in [0.29, 0.717) is 12.1 Å². The zero-order valence-corrected chi connectivity index (χ0v) is 13.3. The molecule has 2 heterocycles. The summed E-state index contributed by atoms with van der Waals surface area (Å²) >= 11 is 0. The molecule has 0 unspecified atom stereocenters. The van der Waals surface area contributed by atoms with Gasteiger partial charge in [0.1, 0.15) is 5.82 Å². The molecule has 3 aromatic rings. The molecular weight excluding hydrogens is 313 g/mol. The van der Waals surface area contributed by atoms with E-state index >= 15 is 0 Å². The number of aryl methyl sites for hydroxylation is 1. The summed E-state index contributed by atoms with van der Waals surface area (Å²) in [6.45, 7) is 3.88. The molecule has 0 spiro atoms. The van der Waals surface area contributed by atoms with E-state index < -0.39 is 11.8 Å². The van der Waals surface area contributed by atoms with Gasteiger partial charge in [0.2, 0.25) is 0 Å². The van der Waals surface area contributed by atoms with Crippen LogP contribution in [0.2, 0.25) is 0 Å². The number of carbonyl (C=O) groups excluding carboxylic acids is 1. The van der Waals surface area contributed by atoms with Crippen molar-refractivity contribution < 1.29 is 13.9 Å². The van der Waals surface area contributed by atoms with Crippen molar-refractivity contribution >= 4 is 17.4 Å². The highest BCUT2D eigenvalue weighted by atomic mass is 19.1. The lowest BCUT2D eigenvalue weighted by Gasteiger charge is -2.04. The van der Waals surface area contributed by atoms with Crippen LogP contribution in [-0.2, 0) is 11.2 Å². The first-order valence-corrected chi connectivity index (χ1v) is 7.52. The molecule has 0 aliphatic rings. The fraction of sp³-hybridized carbons (Fsp3) is 0.250. The number of hydrogen-bond acceptors (Lipinski definition) is 6. The van der Waals surface area contributed by atoms with E-state index in [0.717, 1.165) is 5.69 Å². The minimum Gasteiger partial charge on any atom is -0.461 e. The standard InChI is InChI=1S/C16H16FN5O2/c1-3-10-8-13(15(23)24-4-2)19-16-20-14(21-22(10)16)11-6-5-9(18)7-12(11)17/h5-8H,3-4,18H2,1-2H3. The highest BCUT2D eigenvalue weighted by Crippen LogP contribution is 2.22. The first kappa shape index (κ1) is 15.9. The number of nitrogens with two attached hydrogens (primary N) is 1. The van der Waals surface area contributed by atoms with Crippen LogP contribution in [0.25, 0.3) is 17.2 Å². The normalized spacial score (nSPS) is 11.0. The topological polar surface area (TPSA) is 95.4 Å². The molecule has 0 saturated carbocycles. The Morgan fingerprint density at radius 2 is 2.08 bits per heavy atom. The summed E-state index contributed by atoms with van der Waals surface area (Å²) in [5.41, 5.74) is 6.96. The molecule has 1 aromatic carbocycles. The Balaban J connectivity index is 2.14. The van der Waals surface area contributed by atoms with Crippen molar-refractivity contribution in [1.82, 2.24) is 19.6 Å². The molecule has 0 aliphatic heterocycles. The van der Waals surface area contributed by atoms with Gasteiger partial charge >= 0.3 is 5.97 Å². The van der Waals surface area contributed by atoms with Crippen LogP contribution in [0.1, 0.15) is 30.0 Å². The number of nitrogen functional groups attached to an aromatic ring is 1. The Morgan fingerprint density at radius 3 is 2.75 bits per heavy atom. The molecule has 0 saturated heterocycles. The molecule has 0 atom stereocenters. The van der Waals surface area contributed by atoms with Crippen LogP contribution in [0.15, 0.2) is 24.3 Å². The van der Waals surface area contributed by atoms with E-state index in [1.165, 1.54) is 16.6 Å². The first-order valence-electron chi connectivity index (χ1n) is 7.52. The average molecular weight is 329 g/mol. The maximum atomic E-state index is 14.1. The van der Waals surface area contributed by atoms with Gasteiger partial charge in [-0.05, 0) is 37.6 Å². The van der Waals surface area contributed by atoms with Crippen molar-refractivity contribution in [3.63, 3.8) is 0 Å². The number of nitrogens with zero attached hydrogens (tertiary/aromatic N) is 4. The summed E-state index contributed by atoms with van der Waals surface area (Å²) < 4.78 is 20.6. The Morgan fingerprint density at radius 1 is 1.29 bits per heavy atom. The van der Waals surface area contributed by atoms with E-state index in [2.05, 4.69) is 15.1 Å². The van der Waals surface area contributed by atoms with Crippen molar-refractivity contribution in [2.45, 2.75) is 20.3 Å². The van der Waals surface area contributed by atoms with Crippen molar-refractivity contribution in [2.75, 3.05) is 12.3 Å². The zero-order valence-electron chi connectivity index (χ0n) is 13.3. The molecule has 0 aliphatic carbocycles. The van der Waals surface area contributed by atoms with Gasteiger partial charge in [0.15, 0.2) is 11.5 Å². The number of carbonyl (C=O) groups is 1. The second-order valence-electron chi connectivity index (χ2n) is 5.09. The van der Waals surface area contributed by atoms with Gasteiger partial charge in [-0.15, -0.1) is 5.10 Å². The molecule has 7 nitrogen and oxygen atoms in total. The molecule has 24 heavy (non-hydrogen) atoms. The number of aromatic nitrogens is 4. The lowest BCUT2D eigenvalue weighted by molar-refractivity contribution is 0.0519. The number of anilines is 1. The molecule has 0 radical (unpaired) electrons. The minimum absolute atomic E-state index is 0.151. The van der Waals surface area contributed by atoms with Crippen molar-refractivity contribution in [3.8, 4) is 11.4 Å². The third-order valence-corrected chi connectivity index (χ3v) is 3.47. The van der Waals surface area contributed by atoms with E-state index in [4.69, 9.17) is 10.5 Å². The van der Waals surface area contributed by atoms with Crippen LogP contribution in [0, 0.1) is 5.82 Å². The second kappa shape index (κ2) is 6.23. The number of benzene rings is 1. The minimum atomic E-state index is -0.530. The van der Waals surface area contributed by atoms with Gasteiger partial charge in [0.25, 0.3) is 5.78 Å². The highest BCUT2D eigenvalue weighted by molar-refractivity contribution is 5.87. The molecule has 124 valence electrons. The van der Waals surface area contributed by atoms with Crippen LogP contribution < -0.4 is 5.73 Å².